The van der Waals surface area contributed by atoms with Crippen molar-refractivity contribution < 1.29 is 24.5 Å². The number of aliphatic hydroxyl groups excluding tert-OH is 1. The highest BCUT2D eigenvalue weighted by atomic mass is 35.5. The first-order valence-electron chi connectivity index (χ1n) is 7.71. The Morgan fingerprint density at radius 3 is 2.60 bits per heavy atom. The Morgan fingerprint density at radius 2 is 2.00 bits per heavy atom. The Hall–Kier alpha value is -1.38. The van der Waals surface area contributed by atoms with E-state index in [1.165, 1.54) is 23.1 Å². The van der Waals surface area contributed by atoms with E-state index in [0.717, 1.165) is 0 Å². The lowest BCUT2D eigenvalue weighted by molar-refractivity contribution is -0.149. The Morgan fingerprint density at radius 1 is 1.36 bits per heavy atom. The number of carbonyl (C=O) groups is 2. The third kappa shape index (κ3) is 5.83. The molecule has 1 aromatic carbocycles. The Kier molecular flexibility index (Phi) is 7.04. The van der Waals surface area contributed by atoms with Gasteiger partial charge in [-0.25, -0.2) is 0 Å². The lowest BCUT2D eigenvalue weighted by Crippen LogP contribution is -2.50. The van der Waals surface area contributed by atoms with Crippen LogP contribution < -0.4 is 0 Å². The zero-order chi connectivity index (χ0) is 18.6. The van der Waals surface area contributed by atoms with Crippen molar-refractivity contribution >= 4 is 35.1 Å². The molecule has 0 radical (unpaired) electrons. The topological polar surface area (TPSA) is 90.3 Å². The van der Waals surface area contributed by atoms with E-state index in [2.05, 4.69) is 0 Å². The minimum absolute atomic E-state index is 0.114. The van der Waals surface area contributed by atoms with Crippen LogP contribution in [0.2, 0.25) is 10.0 Å². The number of hydrogen-bond donors (Lipinski definition) is 2. The van der Waals surface area contributed by atoms with Gasteiger partial charge in [-0.05, 0) is 30.8 Å². The van der Waals surface area contributed by atoms with Crippen LogP contribution in [0.15, 0.2) is 18.2 Å². The summed E-state index contributed by atoms with van der Waals surface area (Å²) < 4.78 is 5.58. The molecule has 1 aromatic rings. The summed E-state index contributed by atoms with van der Waals surface area (Å²) in [7, 11) is 1.67. The summed E-state index contributed by atoms with van der Waals surface area (Å²) in [6.45, 7) is 1.20. The number of carbonyl (C=O) groups excluding carboxylic acids is 1. The van der Waals surface area contributed by atoms with Crippen molar-refractivity contribution in [3.63, 3.8) is 0 Å². The maximum atomic E-state index is 12.6. The summed E-state index contributed by atoms with van der Waals surface area (Å²) in [6.07, 6.45) is -1.69. The van der Waals surface area contributed by atoms with Gasteiger partial charge in [0.1, 0.15) is 0 Å². The second kappa shape index (κ2) is 8.82. The number of likely N-dealkylation sites (N-methyl/N-ethyl adjacent to an activating group) is 1. The van der Waals surface area contributed by atoms with Gasteiger partial charge < -0.3 is 19.8 Å². The summed E-state index contributed by atoms with van der Waals surface area (Å²) in [5.41, 5.74) is 0.327. The average molecular weight is 391 g/mol. The number of aliphatic hydroxyl groups is 1. The molecule has 1 fully saturated rings. The van der Waals surface area contributed by atoms with Gasteiger partial charge in [-0.15, -0.1) is 0 Å². The van der Waals surface area contributed by atoms with Gasteiger partial charge in [-0.2, -0.15) is 0 Å². The zero-order valence-corrected chi connectivity index (χ0v) is 15.2. The number of rotatable bonds is 6. The van der Waals surface area contributed by atoms with Crippen molar-refractivity contribution in [2.75, 3.05) is 39.8 Å². The normalized spacial score (nSPS) is 19.1. The van der Waals surface area contributed by atoms with E-state index in [9.17, 15) is 14.7 Å². The number of amides is 1. The van der Waals surface area contributed by atoms with Gasteiger partial charge in [-0.3, -0.25) is 14.5 Å². The molecule has 1 amide bonds. The number of carboxylic acids is 1. The Balaban J connectivity index is 1.99. The van der Waals surface area contributed by atoms with Crippen LogP contribution in [-0.2, 0) is 14.3 Å². The predicted molar refractivity (Wildman–Crippen MR) is 92.9 cm³/mol. The fourth-order valence-corrected chi connectivity index (χ4v) is 3.26. The lowest BCUT2D eigenvalue weighted by atomic mass is 10.1. The fraction of sp³-hybridized carbons (Fsp3) is 0.500. The van der Waals surface area contributed by atoms with Crippen LogP contribution in [0.3, 0.4) is 0 Å². The van der Waals surface area contributed by atoms with Crippen LogP contribution >= 0.6 is 23.2 Å². The van der Waals surface area contributed by atoms with Crippen molar-refractivity contribution in [1.82, 2.24) is 9.80 Å². The largest absolute Gasteiger partial charge is 0.480 e. The molecule has 25 heavy (non-hydrogen) atoms. The molecule has 2 rings (SSSR count). The molecule has 138 valence electrons. The molecule has 1 aliphatic rings. The molecule has 7 nitrogen and oxygen atoms in total. The molecule has 2 atom stereocenters. The van der Waals surface area contributed by atoms with Crippen molar-refractivity contribution in [2.45, 2.75) is 12.2 Å². The highest BCUT2D eigenvalue weighted by molar-refractivity contribution is 6.34. The summed E-state index contributed by atoms with van der Waals surface area (Å²) in [6, 6.07) is 4.51. The van der Waals surface area contributed by atoms with E-state index >= 15 is 0 Å². The van der Waals surface area contributed by atoms with Crippen molar-refractivity contribution in [2.24, 2.45) is 0 Å². The van der Waals surface area contributed by atoms with Crippen LogP contribution in [0.1, 0.15) is 11.7 Å². The van der Waals surface area contributed by atoms with E-state index in [4.69, 9.17) is 33.0 Å². The summed E-state index contributed by atoms with van der Waals surface area (Å²) in [5.74, 6) is -1.40. The minimum atomic E-state index is -1.37. The molecule has 1 aliphatic heterocycles. The van der Waals surface area contributed by atoms with E-state index < -0.39 is 18.0 Å². The molecule has 2 unspecified atom stereocenters. The molecule has 0 saturated carbocycles. The molecular weight excluding hydrogens is 371 g/mol. The second-order valence-electron chi connectivity index (χ2n) is 5.97. The molecule has 0 spiro atoms. The average Bonchev–Trinajstić information content (AvgIpc) is 2.52. The van der Waals surface area contributed by atoms with Crippen LogP contribution in [0.4, 0.5) is 0 Å². The maximum Gasteiger partial charge on any atom is 0.317 e. The number of hydrogen-bond acceptors (Lipinski definition) is 5. The van der Waals surface area contributed by atoms with Gasteiger partial charge in [0, 0.05) is 29.7 Å². The third-order valence-corrected chi connectivity index (χ3v) is 4.24. The summed E-state index contributed by atoms with van der Waals surface area (Å²) in [5, 5.41) is 19.8. The van der Waals surface area contributed by atoms with Crippen molar-refractivity contribution in [3.05, 3.63) is 33.8 Å². The number of ether oxygens (including phenoxy) is 1. The van der Waals surface area contributed by atoms with Crippen LogP contribution in [0.5, 0.6) is 0 Å². The van der Waals surface area contributed by atoms with Gasteiger partial charge >= 0.3 is 5.97 Å². The maximum absolute atomic E-state index is 12.6. The summed E-state index contributed by atoms with van der Waals surface area (Å²) in [4.78, 5) is 26.4. The van der Waals surface area contributed by atoms with E-state index in [-0.39, 0.29) is 19.2 Å². The highest BCUT2D eigenvalue weighted by Crippen LogP contribution is 2.25. The number of aliphatic carboxylic acids is 1. The number of halogens is 2. The van der Waals surface area contributed by atoms with Gasteiger partial charge in [0.2, 0.25) is 0 Å². The molecule has 2 N–H and O–H groups in total. The van der Waals surface area contributed by atoms with Crippen LogP contribution in [0, 0.1) is 0 Å². The van der Waals surface area contributed by atoms with Gasteiger partial charge in [0.15, 0.2) is 6.10 Å². The molecule has 0 bridgehead atoms. The molecule has 1 heterocycles. The van der Waals surface area contributed by atoms with Crippen molar-refractivity contribution in [1.29, 1.82) is 0 Å². The molecule has 1 saturated heterocycles. The predicted octanol–water partition coefficient (Wildman–Crippen LogP) is 1.27. The van der Waals surface area contributed by atoms with Gasteiger partial charge in [0.25, 0.3) is 5.91 Å². The first kappa shape index (κ1) is 19.9. The molecule has 0 aromatic heterocycles. The number of benzene rings is 1. The smallest absolute Gasteiger partial charge is 0.317 e. The first-order chi connectivity index (χ1) is 11.8. The number of morpholine rings is 1. The zero-order valence-electron chi connectivity index (χ0n) is 13.7. The summed E-state index contributed by atoms with van der Waals surface area (Å²) >= 11 is 11.8. The first-order valence-corrected chi connectivity index (χ1v) is 8.46. The minimum Gasteiger partial charge on any atom is -0.480 e. The SMILES string of the molecule is CN(CC(=O)O)CC1CN(C(=O)C(O)c2cc(Cl)cc(Cl)c2)CCO1. The highest BCUT2D eigenvalue weighted by Gasteiger charge is 2.30. The van der Waals surface area contributed by atoms with E-state index in [1.807, 2.05) is 0 Å². The Bertz CT molecular complexity index is 623. The molecule has 0 aliphatic carbocycles. The van der Waals surface area contributed by atoms with Crippen LogP contribution in [-0.4, -0.2) is 77.8 Å². The van der Waals surface area contributed by atoms with Crippen LogP contribution in [0.25, 0.3) is 0 Å². The van der Waals surface area contributed by atoms with Gasteiger partial charge in [0.05, 0.1) is 19.3 Å². The van der Waals surface area contributed by atoms with Crippen molar-refractivity contribution in [3.8, 4) is 0 Å². The fourth-order valence-electron chi connectivity index (χ4n) is 2.72. The van der Waals surface area contributed by atoms with E-state index in [1.54, 1.807) is 11.9 Å². The molecular formula is C16H20Cl2N2O5. The molecule has 9 heteroatoms. The number of carboxylic acid groups (broad SMARTS) is 1. The third-order valence-electron chi connectivity index (χ3n) is 3.81. The quantitative estimate of drug-likeness (QED) is 0.759. The monoisotopic (exact) mass is 390 g/mol. The lowest BCUT2D eigenvalue weighted by Gasteiger charge is -2.35. The Labute approximate surface area is 155 Å². The van der Waals surface area contributed by atoms with E-state index in [0.29, 0.717) is 35.3 Å². The van der Waals surface area contributed by atoms with Gasteiger partial charge in [-0.1, -0.05) is 23.2 Å². The standard InChI is InChI=1S/C16H20Cl2N2O5/c1-19(9-14(21)22)7-13-8-20(2-3-25-13)16(24)15(23)10-4-11(17)6-12(18)5-10/h4-6,13,15,23H,2-3,7-9H2,1H3,(H,21,22). The second-order valence-corrected chi connectivity index (χ2v) is 6.85. The number of nitrogens with zero attached hydrogens (tertiary/aromatic N) is 2.